The highest BCUT2D eigenvalue weighted by molar-refractivity contribution is 7.84. The molecule has 1 heterocycles. The summed E-state index contributed by atoms with van der Waals surface area (Å²) in [6.07, 6.45) is 3.00. The van der Waals surface area contributed by atoms with Gasteiger partial charge in [-0.05, 0) is 17.7 Å². The van der Waals surface area contributed by atoms with Gasteiger partial charge in [0.1, 0.15) is 17.2 Å². The smallest absolute Gasteiger partial charge is 0.150 e. The van der Waals surface area contributed by atoms with E-state index in [0.29, 0.717) is 17.4 Å². The number of nitrogens with two attached hydrogens (primary N) is 1. The molecular formula is C12H13ClN4OS. The van der Waals surface area contributed by atoms with E-state index >= 15 is 0 Å². The van der Waals surface area contributed by atoms with Crippen LogP contribution >= 0.6 is 11.6 Å². The van der Waals surface area contributed by atoms with Crippen LogP contribution in [0.3, 0.4) is 0 Å². The quantitative estimate of drug-likeness (QED) is 0.902. The molecule has 0 bridgehead atoms. The largest absolute Gasteiger partial charge is 0.382 e. The number of nitrogen functional groups attached to an aromatic ring is 1. The maximum atomic E-state index is 11.3. The second-order valence-corrected chi connectivity index (χ2v) is 5.63. The topological polar surface area (TPSA) is 80.9 Å². The number of hydrogen-bond donors (Lipinski definition) is 2. The third-order valence-corrected chi connectivity index (χ3v) is 3.84. The van der Waals surface area contributed by atoms with Crippen molar-refractivity contribution in [1.82, 2.24) is 9.97 Å². The van der Waals surface area contributed by atoms with Crippen molar-refractivity contribution in [3.05, 3.63) is 41.2 Å². The number of nitrogens with one attached hydrogen (secondary N) is 1. The van der Waals surface area contributed by atoms with E-state index in [1.807, 2.05) is 24.3 Å². The highest BCUT2D eigenvalue weighted by atomic mass is 35.5. The monoisotopic (exact) mass is 296 g/mol. The van der Waals surface area contributed by atoms with Crippen LogP contribution in [-0.4, -0.2) is 20.4 Å². The zero-order valence-electron chi connectivity index (χ0n) is 10.3. The normalized spacial score (nSPS) is 12.1. The molecule has 0 aliphatic rings. The molecule has 0 aliphatic heterocycles. The van der Waals surface area contributed by atoms with E-state index < -0.39 is 10.8 Å². The van der Waals surface area contributed by atoms with Crippen LogP contribution in [0.4, 0.5) is 11.6 Å². The fourth-order valence-corrected chi connectivity index (χ4v) is 2.18. The minimum absolute atomic E-state index is 0.246. The third-order valence-electron chi connectivity index (χ3n) is 2.53. The standard InChI is InChI=1S/C12H13ClN4OS/c1-19(18)9-4-2-8(3-5-9)6-15-12-10(13)11(14)16-7-17-12/h2-5,7H,6H2,1H3,(H3,14,15,16,17)/t19-/m1/s1. The Labute approximate surface area is 118 Å². The second kappa shape index (κ2) is 5.99. The van der Waals surface area contributed by atoms with Gasteiger partial charge in [0.15, 0.2) is 5.82 Å². The summed E-state index contributed by atoms with van der Waals surface area (Å²) in [7, 11) is -0.963. The molecule has 1 aromatic carbocycles. The fraction of sp³-hybridized carbons (Fsp3) is 0.167. The van der Waals surface area contributed by atoms with Crippen molar-refractivity contribution in [2.45, 2.75) is 11.4 Å². The van der Waals surface area contributed by atoms with E-state index in [9.17, 15) is 4.21 Å². The number of anilines is 2. The van der Waals surface area contributed by atoms with Crippen LogP contribution in [0.25, 0.3) is 0 Å². The Balaban J connectivity index is 2.06. The summed E-state index contributed by atoms with van der Waals surface area (Å²) >= 11 is 5.97. The van der Waals surface area contributed by atoms with Crippen molar-refractivity contribution in [1.29, 1.82) is 0 Å². The first kappa shape index (κ1) is 13.8. The molecule has 100 valence electrons. The summed E-state index contributed by atoms with van der Waals surface area (Å²) in [5, 5.41) is 3.39. The number of aromatic nitrogens is 2. The fourth-order valence-electron chi connectivity index (χ4n) is 1.49. The summed E-state index contributed by atoms with van der Waals surface area (Å²) in [5.41, 5.74) is 6.62. The second-order valence-electron chi connectivity index (χ2n) is 3.87. The lowest BCUT2D eigenvalue weighted by atomic mass is 10.2. The molecule has 7 heteroatoms. The molecule has 19 heavy (non-hydrogen) atoms. The predicted molar refractivity (Wildman–Crippen MR) is 77.6 cm³/mol. The van der Waals surface area contributed by atoms with Crippen molar-refractivity contribution < 1.29 is 4.21 Å². The molecule has 2 aromatic rings. The molecule has 0 amide bonds. The summed E-state index contributed by atoms with van der Waals surface area (Å²) in [4.78, 5) is 8.60. The molecule has 0 aliphatic carbocycles. The lowest BCUT2D eigenvalue weighted by Crippen LogP contribution is -2.04. The zero-order valence-corrected chi connectivity index (χ0v) is 11.8. The molecule has 0 radical (unpaired) electrons. The van der Waals surface area contributed by atoms with Gasteiger partial charge in [-0.15, -0.1) is 0 Å². The molecule has 1 atom stereocenters. The van der Waals surface area contributed by atoms with Gasteiger partial charge >= 0.3 is 0 Å². The average molecular weight is 297 g/mol. The van der Waals surface area contributed by atoms with Crippen LogP contribution in [0, 0.1) is 0 Å². The molecule has 0 saturated heterocycles. The van der Waals surface area contributed by atoms with Gasteiger partial charge in [-0.3, -0.25) is 4.21 Å². The van der Waals surface area contributed by atoms with E-state index in [-0.39, 0.29) is 5.82 Å². The molecule has 2 rings (SSSR count). The van der Waals surface area contributed by atoms with Crippen molar-refractivity contribution in [3.63, 3.8) is 0 Å². The lowest BCUT2D eigenvalue weighted by molar-refractivity contribution is 0.687. The van der Waals surface area contributed by atoms with Crippen molar-refractivity contribution >= 4 is 34.0 Å². The van der Waals surface area contributed by atoms with Gasteiger partial charge < -0.3 is 11.1 Å². The molecular weight excluding hydrogens is 284 g/mol. The lowest BCUT2D eigenvalue weighted by Gasteiger charge is -2.08. The third kappa shape index (κ3) is 3.42. The molecule has 5 nitrogen and oxygen atoms in total. The number of halogens is 1. The summed E-state index contributed by atoms with van der Waals surface area (Å²) in [6.45, 7) is 0.548. The van der Waals surface area contributed by atoms with Gasteiger partial charge in [0.25, 0.3) is 0 Å². The maximum absolute atomic E-state index is 11.3. The first-order valence-electron chi connectivity index (χ1n) is 5.50. The van der Waals surface area contributed by atoms with Gasteiger partial charge in [-0.25, -0.2) is 9.97 Å². The van der Waals surface area contributed by atoms with Crippen molar-refractivity contribution in [2.24, 2.45) is 0 Å². The number of rotatable bonds is 4. The van der Waals surface area contributed by atoms with Gasteiger partial charge in [-0.1, -0.05) is 23.7 Å². The summed E-state index contributed by atoms with van der Waals surface area (Å²) in [5.74, 6) is 0.744. The Morgan fingerprint density at radius 3 is 2.63 bits per heavy atom. The maximum Gasteiger partial charge on any atom is 0.150 e. The minimum Gasteiger partial charge on any atom is -0.382 e. The Morgan fingerprint density at radius 1 is 1.32 bits per heavy atom. The van der Waals surface area contributed by atoms with Crippen LogP contribution in [0.15, 0.2) is 35.5 Å². The van der Waals surface area contributed by atoms with Gasteiger partial charge in [0.05, 0.1) is 0 Å². The SMILES string of the molecule is C[S@@](=O)c1ccc(CNc2ncnc(N)c2Cl)cc1. The Morgan fingerprint density at radius 2 is 2.00 bits per heavy atom. The van der Waals surface area contributed by atoms with Gasteiger partial charge in [0, 0.05) is 28.5 Å². The van der Waals surface area contributed by atoms with E-state index in [1.165, 1.54) is 6.33 Å². The molecule has 0 saturated carbocycles. The number of benzene rings is 1. The van der Waals surface area contributed by atoms with Crippen LogP contribution in [0.5, 0.6) is 0 Å². The highest BCUT2D eigenvalue weighted by Gasteiger charge is 2.06. The molecule has 0 unspecified atom stereocenters. The number of nitrogens with zero attached hydrogens (tertiary/aromatic N) is 2. The van der Waals surface area contributed by atoms with Gasteiger partial charge in [-0.2, -0.15) is 0 Å². The van der Waals surface area contributed by atoms with E-state index in [1.54, 1.807) is 6.26 Å². The number of hydrogen-bond acceptors (Lipinski definition) is 5. The van der Waals surface area contributed by atoms with Crippen molar-refractivity contribution in [3.8, 4) is 0 Å². The van der Waals surface area contributed by atoms with Crippen LogP contribution in [0.2, 0.25) is 5.02 Å². The van der Waals surface area contributed by atoms with E-state index in [4.69, 9.17) is 17.3 Å². The molecule has 3 N–H and O–H groups in total. The molecule has 0 fully saturated rings. The summed E-state index contributed by atoms with van der Waals surface area (Å²) in [6, 6.07) is 7.48. The Kier molecular flexibility index (Phi) is 4.34. The van der Waals surface area contributed by atoms with E-state index in [2.05, 4.69) is 15.3 Å². The molecule has 1 aromatic heterocycles. The minimum atomic E-state index is -0.963. The first-order valence-corrected chi connectivity index (χ1v) is 7.43. The summed E-state index contributed by atoms with van der Waals surface area (Å²) < 4.78 is 11.3. The molecule has 0 spiro atoms. The van der Waals surface area contributed by atoms with Crippen LogP contribution in [0.1, 0.15) is 5.56 Å². The van der Waals surface area contributed by atoms with Gasteiger partial charge in [0.2, 0.25) is 0 Å². The van der Waals surface area contributed by atoms with Crippen LogP contribution in [-0.2, 0) is 17.3 Å². The average Bonchev–Trinajstić information content (AvgIpc) is 2.41. The van der Waals surface area contributed by atoms with E-state index in [0.717, 1.165) is 10.5 Å². The first-order chi connectivity index (χ1) is 9.08. The predicted octanol–water partition coefficient (Wildman–Crippen LogP) is 2.06. The Hall–Kier alpha value is -1.66. The highest BCUT2D eigenvalue weighted by Crippen LogP contribution is 2.23. The van der Waals surface area contributed by atoms with Crippen LogP contribution < -0.4 is 11.1 Å². The zero-order chi connectivity index (χ0) is 13.8. The van der Waals surface area contributed by atoms with Crippen molar-refractivity contribution in [2.75, 3.05) is 17.3 Å². The Bertz CT molecular complexity index is 603.